The predicted octanol–water partition coefficient (Wildman–Crippen LogP) is 2.38. The average molecular weight is 261 g/mol. The van der Waals surface area contributed by atoms with Gasteiger partial charge >= 0.3 is 0 Å². The summed E-state index contributed by atoms with van der Waals surface area (Å²) in [5.74, 6) is -0.465. The van der Waals surface area contributed by atoms with E-state index in [-0.39, 0.29) is 6.04 Å². The van der Waals surface area contributed by atoms with Crippen LogP contribution in [0.4, 0.5) is 8.78 Å². The van der Waals surface area contributed by atoms with Gasteiger partial charge in [-0.05, 0) is 24.6 Å². The molecule has 5 heteroatoms. The molecule has 1 rings (SSSR count). The Hall–Kier alpha value is -0.810. The van der Waals surface area contributed by atoms with E-state index in [2.05, 4.69) is 5.32 Å². The summed E-state index contributed by atoms with van der Waals surface area (Å²) in [5, 5.41) is 3.13. The molecule has 1 aromatic rings. The Morgan fingerprint density at radius 3 is 2.65 bits per heavy atom. The maximum Gasteiger partial charge on any atom is 0.159 e. The summed E-state index contributed by atoms with van der Waals surface area (Å²) in [6.45, 7) is 4.33. The van der Waals surface area contributed by atoms with Crippen molar-refractivity contribution in [2.24, 2.45) is 0 Å². The fourth-order valence-electron chi connectivity index (χ4n) is 1.43. The lowest BCUT2D eigenvalue weighted by Gasteiger charge is -2.14. The topological polar surface area (TPSA) is 29.1 Å². The summed E-state index contributed by atoms with van der Waals surface area (Å²) in [6, 6.07) is 3.77. The maximum absolute atomic E-state index is 13.0. The highest BCUT2D eigenvalue weighted by Crippen LogP contribution is 2.15. The highest BCUT2D eigenvalue weighted by atomic mass is 32.2. The average Bonchev–Trinajstić information content (AvgIpc) is 2.32. The van der Waals surface area contributed by atoms with Crippen molar-refractivity contribution >= 4 is 10.8 Å². The number of hydrogen-bond donors (Lipinski definition) is 1. The van der Waals surface area contributed by atoms with Crippen LogP contribution in [0.5, 0.6) is 0 Å². The molecule has 1 N–H and O–H groups in total. The van der Waals surface area contributed by atoms with Crippen molar-refractivity contribution in [3.63, 3.8) is 0 Å². The third kappa shape index (κ3) is 4.52. The van der Waals surface area contributed by atoms with Gasteiger partial charge in [0.15, 0.2) is 11.6 Å². The van der Waals surface area contributed by atoms with Crippen molar-refractivity contribution in [1.82, 2.24) is 5.32 Å². The van der Waals surface area contributed by atoms with Crippen LogP contribution in [0.15, 0.2) is 18.2 Å². The molecule has 2 unspecified atom stereocenters. The summed E-state index contributed by atoms with van der Waals surface area (Å²) in [7, 11) is -0.804. The molecule has 1 aromatic carbocycles. The highest BCUT2D eigenvalue weighted by molar-refractivity contribution is 7.84. The van der Waals surface area contributed by atoms with E-state index >= 15 is 0 Å². The van der Waals surface area contributed by atoms with Crippen molar-refractivity contribution in [3.8, 4) is 0 Å². The van der Waals surface area contributed by atoms with Gasteiger partial charge in [0.2, 0.25) is 0 Å². The van der Waals surface area contributed by atoms with Gasteiger partial charge in [-0.2, -0.15) is 0 Å². The number of halogens is 2. The Morgan fingerprint density at radius 1 is 1.35 bits per heavy atom. The molecular formula is C12H17F2NOS. The molecule has 0 aliphatic heterocycles. The molecule has 0 heterocycles. The van der Waals surface area contributed by atoms with Crippen molar-refractivity contribution in [2.75, 3.05) is 18.1 Å². The summed E-state index contributed by atoms with van der Waals surface area (Å²) in [6.07, 6.45) is 0. The molecule has 0 amide bonds. The Kier molecular flexibility index (Phi) is 5.71. The highest BCUT2D eigenvalue weighted by Gasteiger charge is 2.08. The van der Waals surface area contributed by atoms with Crippen LogP contribution in [0.3, 0.4) is 0 Å². The van der Waals surface area contributed by atoms with Gasteiger partial charge in [0, 0.05) is 34.9 Å². The lowest BCUT2D eigenvalue weighted by Crippen LogP contribution is -2.24. The van der Waals surface area contributed by atoms with Gasteiger partial charge < -0.3 is 5.32 Å². The first kappa shape index (κ1) is 14.3. The fraction of sp³-hybridized carbons (Fsp3) is 0.500. The molecule has 0 saturated carbocycles. The molecule has 0 fully saturated rings. The van der Waals surface area contributed by atoms with E-state index in [1.54, 1.807) is 6.07 Å². The monoisotopic (exact) mass is 261 g/mol. The quantitative estimate of drug-likeness (QED) is 0.852. The minimum atomic E-state index is -0.840. The molecule has 2 atom stereocenters. The van der Waals surface area contributed by atoms with Crippen LogP contribution in [0.2, 0.25) is 0 Å². The van der Waals surface area contributed by atoms with Crippen molar-refractivity contribution in [1.29, 1.82) is 0 Å². The van der Waals surface area contributed by atoms with E-state index in [1.807, 2.05) is 13.8 Å². The number of benzene rings is 1. The van der Waals surface area contributed by atoms with Crippen LogP contribution < -0.4 is 5.32 Å². The molecule has 96 valence electrons. The summed E-state index contributed by atoms with van der Waals surface area (Å²) in [5.41, 5.74) is 0.686. The van der Waals surface area contributed by atoms with E-state index < -0.39 is 22.4 Å². The second kappa shape index (κ2) is 6.81. The molecule has 0 aromatic heterocycles. The molecule has 2 nitrogen and oxygen atoms in total. The molecule has 0 saturated heterocycles. The van der Waals surface area contributed by atoms with Crippen molar-refractivity contribution in [3.05, 3.63) is 35.4 Å². The standard InChI is InChI=1S/C12H17F2NOS/c1-3-17(16)7-6-15-9(2)10-4-5-11(13)12(14)8-10/h4-5,8-9,15H,3,6-7H2,1-2H3. The van der Waals surface area contributed by atoms with E-state index in [4.69, 9.17) is 0 Å². The normalized spacial score (nSPS) is 14.6. The molecule has 0 bridgehead atoms. The lowest BCUT2D eigenvalue weighted by atomic mass is 10.1. The molecule has 0 aliphatic rings. The third-order valence-electron chi connectivity index (χ3n) is 2.55. The van der Waals surface area contributed by atoms with Gasteiger partial charge in [-0.1, -0.05) is 13.0 Å². The molecule has 17 heavy (non-hydrogen) atoms. The number of hydrogen-bond acceptors (Lipinski definition) is 2. The van der Waals surface area contributed by atoms with E-state index in [1.165, 1.54) is 6.07 Å². The maximum atomic E-state index is 13.0. The zero-order valence-electron chi connectivity index (χ0n) is 10.0. The van der Waals surface area contributed by atoms with Gasteiger partial charge in [-0.3, -0.25) is 4.21 Å². The Bertz CT molecular complexity index is 398. The van der Waals surface area contributed by atoms with Crippen LogP contribution in [-0.2, 0) is 10.8 Å². The molecule has 0 aliphatic carbocycles. The van der Waals surface area contributed by atoms with E-state index in [9.17, 15) is 13.0 Å². The summed E-state index contributed by atoms with van der Waals surface area (Å²) in [4.78, 5) is 0. The molecular weight excluding hydrogens is 244 g/mol. The van der Waals surface area contributed by atoms with Crippen LogP contribution in [0.1, 0.15) is 25.5 Å². The Morgan fingerprint density at radius 2 is 2.06 bits per heavy atom. The van der Waals surface area contributed by atoms with Gasteiger partial charge in [0.05, 0.1) is 0 Å². The van der Waals surface area contributed by atoms with Crippen LogP contribution >= 0.6 is 0 Å². The Labute approximate surface area is 103 Å². The first-order valence-electron chi connectivity index (χ1n) is 5.58. The largest absolute Gasteiger partial charge is 0.309 e. The fourth-order valence-corrected chi connectivity index (χ4v) is 2.07. The second-order valence-electron chi connectivity index (χ2n) is 3.78. The van der Waals surface area contributed by atoms with E-state index in [0.717, 1.165) is 6.07 Å². The van der Waals surface area contributed by atoms with Gasteiger partial charge in [0.1, 0.15) is 0 Å². The number of nitrogens with one attached hydrogen (secondary N) is 1. The van der Waals surface area contributed by atoms with Gasteiger partial charge in [0.25, 0.3) is 0 Å². The first-order chi connectivity index (χ1) is 8.04. The van der Waals surface area contributed by atoms with Gasteiger partial charge in [-0.15, -0.1) is 0 Å². The SMILES string of the molecule is CCS(=O)CCNC(C)c1ccc(F)c(F)c1. The third-order valence-corrected chi connectivity index (χ3v) is 3.85. The zero-order chi connectivity index (χ0) is 12.8. The van der Waals surface area contributed by atoms with Crippen LogP contribution in [0, 0.1) is 11.6 Å². The van der Waals surface area contributed by atoms with Crippen LogP contribution in [0.25, 0.3) is 0 Å². The smallest absolute Gasteiger partial charge is 0.159 e. The van der Waals surface area contributed by atoms with Crippen molar-refractivity contribution in [2.45, 2.75) is 19.9 Å². The summed E-state index contributed by atoms with van der Waals surface area (Å²) < 4.78 is 36.9. The van der Waals surface area contributed by atoms with Gasteiger partial charge in [-0.25, -0.2) is 8.78 Å². The summed E-state index contributed by atoms with van der Waals surface area (Å²) >= 11 is 0. The molecule has 0 radical (unpaired) electrons. The molecule has 0 spiro atoms. The van der Waals surface area contributed by atoms with E-state index in [0.29, 0.717) is 23.6 Å². The number of rotatable bonds is 6. The zero-order valence-corrected chi connectivity index (χ0v) is 10.8. The van der Waals surface area contributed by atoms with Crippen LogP contribution in [-0.4, -0.2) is 22.3 Å². The van der Waals surface area contributed by atoms with Crippen molar-refractivity contribution < 1.29 is 13.0 Å². The Balaban J connectivity index is 2.49. The predicted molar refractivity (Wildman–Crippen MR) is 66.3 cm³/mol. The minimum Gasteiger partial charge on any atom is -0.309 e. The first-order valence-corrected chi connectivity index (χ1v) is 7.06. The minimum absolute atomic E-state index is 0.0843. The lowest BCUT2D eigenvalue weighted by molar-refractivity contribution is 0.502. The second-order valence-corrected chi connectivity index (χ2v) is 5.65.